The molecule has 0 spiro atoms. The summed E-state index contributed by atoms with van der Waals surface area (Å²) in [6.45, 7) is 2.56. The third-order valence-electron chi connectivity index (χ3n) is 3.63. The first-order chi connectivity index (χ1) is 11.9. The molecule has 2 rings (SSSR count). The molecule has 2 aromatic rings. The fraction of sp³-hybridized carbons (Fsp3) is 0.278. The van der Waals surface area contributed by atoms with Gasteiger partial charge in [-0.3, -0.25) is 4.79 Å². The van der Waals surface area contributed by atoms with Crippen LogP contribution in [0.2, 0.25) is 0 Å². The molecule has 0 saturated carbocycles. The summed E-state index contributed by atoms with van der Waals surface area (Å²) in [5.74, 6) is 0.516. The lowest BCUT2D eigenvalue weighted by atomic mass is 10.1. The highest BCUT2D eigenvalue weighted by atomic mass is 32.2. The molecule has 6 nitrogen and oxygen atoms in total. The second kappa shape index (κ2) is 8.64. The molecule has 3 N–H and O–H groups in total. The Balaban J connectivity index is 1.84. The van der Waals surface area contributed by atoms with Crippen LogP contribution in [0.15, 0.2) is 53.4 Å². The van der Waals surface area contributed by atoms with Crippen LogP contribution >= 0.6 is 0 Å². The topological polar surface area (TPSA) is 98.5 Å². The Kier molecular flexibility index (Phi) is 6.55. The molecular weight excluding hydrogens is 340 g/mol. The quantitative estimate of drug-likeness (QED) is 0.697. The van der Waals surface area contributed by atoms with Crippen LogP contribution in [0.4, 0.5) is 0 Å². The Morgan fingerprint density at radius 2 is 1.88 bits per heavy atom. The van der Waals surface area contributed by atoms with Gasteiger partial charge in [0.05, 0.1) is 17.9 Å². The van der Waals surface area contributed by atoms with E-state index in [-0.39, 0.29) is 10.8 Å². The van der Waals surface area contributed by atoms with Crippen molar-refractivity contribution < 1.29 is 17.9 Å². The second-order valence-corrected chi connectivity index (χ2v) is 7.09. The fourth-order valence-electron chi connectivity index (χ4n) is 2.35. The Hall–Kier alpha value is -2.38. The first-order valence-corrected chi connectivity index (χ1v) is 9.54. The summed E-state index contributed by atoms with van der Waals surface area (Å²) in [5, 5.41) is 7.93. The Morgan fingerprint density at radius 3 is 2.52 bits per heavy atom. The van der Waals surface area contributed by atoms with Crippen LogP contribution in [0.25, 0.3) is 0 Å². The lowest BCUT2D eigenvalue weighted by Gasteiger charge is -2.12. The van der Waals surface area contributed by atoms with Gasteiger partial charge < -0.3 is 10.1 Å². The monoisotopic (exact) mass is 362 g/mol. The fourth-order valence-corrected chi connectivity index (χ4v) is 2.91. The summed E-state index contributed by atoms with van der Waals surface area (Å²) in [6, 6.07) is 14.0. The van der Waals surface area contributed by atoms with Crippen LogP contribution in [-0.4, -0.2) is 27.5 Å². The summed E-state index contributed by atoms with van der Waals surface area (Å²) in [4.78, 5) is 11.9. The number of nitrogens with one attached hydrogen (secondary N) is 1. The first-order valence-electron chi connectivity index (χ1n) is 7.99. The van der Waals surface area contributed by atoms with Gasteiger partial charge in [0.2, 0.25) is 15.9 Å². The van der Waals surface area contributed by atoms with E-state index in [1.807, 2.05) is 37.3 Å². The number of nitrogens with two attached hydrogens (primary N) is 1. The molecule has 0 unspecified atom stereocenters. The summed E-state index contributed by atoms with van der Waals surface area (Å²) in [5.41, 5.74) is 1.70. The van der Waals surface area contributed by atoms with E-state index < -0.39 is 10.0 Å². The first kappa shape index (κ1) is 19.0. The van der Waals surface area contributed by atoms with Gasteiger partial charge in [-0.05, 0) is 35.7 Å². The normalized spacial score (nSPS) is 11.1. The van der Waals surface area contributed by atoms with Crippen molar-refractivity contribution in [3.05, 3.63) is 59.7 Å². The number of benzene rings is 2. The van der Waals surface area contributed by atoms with E-state index in [1.54, 1.807) is 6.07 Å². The average Bonchev–Trinajstić information content (AvgIpc) is 2.58. The third kappa shape index (κ3) is 5.88. The van der Waals surface area contributed by atoms with Crippen LogP contribution in [-0.2, 0) is 27.7 Å². The Labute approximate surface area is 148 Å². The smallest absolute Gasteiger partial charge is 0.238 e. The molecule has 1 amide bonds. The third-order valence-corrected chi connectivity index (χ3v) is 4.54. The van der Waals surface area contributed by atoms with Gasteiger partial charge in [-0.15, -0.1) is 0 Å². The zero-order chi connectivity index (χ0) is 18.3. The number of rotatable bonds is 8. The van der Waals surface area contributed by atoms with Crippen molar-refractivity contribution in [2.45, 2.75) is 24.7 Å². The standard InChI is InChI=1S/C18H22N2O4S/c1-2-15-13-16(25(19,22)23)8-9-17(15)24-11-10-20-18(21)12-14-6-4-3-5-7-14/h3-9,13H,2,10-12H2,1H3,(H,20,21)(H2,19,22,23). The van der Waals surface area contributed by atoms with Crippen LogP contribution in [0.5, 0.6) is 5.75 Å². The van der Waals surface area contributed by atoms with E-state index in [4.69, 9.17) is 9.88 Å². The molecule has 0 aromatic heterocycles. The number of sulfonamides is 1. The maximum atomic E-state index is 11.9. The van der Waals surface area contributed by atoms with E-state index in [0.717, 1.165) is 11.1 Å². The minimum atomic E-state index is -3.73. The molecule has 0 atom stereocenters. The maximum absolute atomic E-state index is 11.9. The molecule has 7 heteroatoms. The summed E-state index contributed by atoms with van der Waals surface area (Å²) in [7, 11) is -3.73. The molecule has 0 radical (unpaired) electrons. The molecular formula is C18H22N2O4S. The lowest BCUT2D eigenvalue weighted by molar-refractivity contribution is -0.120. The largest absolute Gasteiger partial charge is 0.491 e. The van der Waals surface area contributed by atoms with E-state index in [9.17, 15) is 13.2 Å². The predicted octanol–water partition coefficient (Wildman–Crippen LogP) is 1.63. The van der Waals surface area contributed by atoms with E-state index in [1.165, 1.54) is 12.1 Å². The van der Waals surface area contributed by atoms with Crippen molar-refractivity contribution in [1.29, 1.82) is 0 Å². The Morgan fingerprint density at radius 1 is 1.16 bits per heavy atom. The number of primary sulfonamides is 1. The zero-order valence-corrected chi connectivity index (χ0v) is 14.9. The van der Waals surface area contributed by atoms with Crippen molar-refractivity contribution >= 4 is 15.9 Å². The number of hydrogen-bond acceptors (Lipinski definition) is 4. The molecule has 0 aliphatic carbocycles. The predicted molar refractivity (Wildman–Crippen MR) is 95.8 cm³/mol. The Bertz CT molecular complexity index is 820. The summed E-state index contributed by atoms with van der Waals surface area (Å²) in [6.07, 6.45) is 0.934. The highest BCUT2D eigenvalue weighted by Crippen LogP contribution is 2.22. The zero-order valence-electron chi connectivity index (χ0n) is 14.1. The maximum Gasteiger partial charge on any atom is 0.238 e. The minimum absolute atomic E-state index is 0.0628. The minimum Gasteiger partial charge on any atom is -0.491 e. The molecule has 0 fully saturated rings. The van der Waals surface area contributed by atoms with Crippen LogP contribution in [0.3, 0.4) is 0 Å². The molecule has 25 heavy (non-hydrogen) atoms. The highest BCUT2D eigenvalue weighted by Gasteiger charge is 2.11. The molecule has 0 aliphatic heterocycles. The summed E-state index contributed by atoms with van der Waals surface area (Å²) >= 11 is 0. The number of aryl methyl sites for hydroxylation is 1. The molecule has 0 aliphatic rings. The number of ether oxygens (including phenoxy) is 1. The van der Waals surface area contributed by atoms with Crippen molar-refractivity contribution in [1.82, 2.24) is 5.32 Å². The number of carbonyl (C=O) groups excluding carboxylic acids is 1. The second-order valence-electron chi connectivity index (χ2n) is 5.53. The van der Waals surface area contributed by atoms with Gasteiger partial charge in [0.15, 0.2) is 0 Å². The van der Waals surface area contributed by atoms with Gasteiger partial charge in [0.25, 0.3) is 0 Å². The molecule has 2 aromatic carbocycles. The SMILES string of the molecule is CCc1cc(S(N)(=O)=O)ccc1OCCNC(=O)Cc1ccccc1. The highest BCUT2D eigenvalue weighted by molar-refractivity contribution is 7.89. The number of carbonyl (C=O) groups is 1. The van der Waals surface area contributed by atoms with Crippen molar-refractivity contribution in [2.75, 3.05) is 13.2 Å². The van der Waals surface area contributed by atoms with E-state index in [0.29, 0.717) is 31.7 Å². The van der Waals surface area contributed by atoms with Crippen molar-refractivity contribution in [3.63, 3.8) is 0 Å². The molecule has 0 bridgehead atoms. The molecule has 0 heterocycles. The van der Waals surface area contributed by atoms with Gasteiger partial charge >= 0.3 is 0 Å². The van der Waals surface area contributed by atoms with Gasteiger partial charge in [-0.2, -0.15) is 0 Å². The van der Waals surface area contributed by atoms with E-state index in [2.05, 4.69) is 5.32 Å². The van der Waals surface area contributed by atoms with E-state index >= 15 is 0 Å². The summed E-state index contributed by atoms with van der Waals surface area (Å²) < 4.78 is 28.4. The van der Waals surface area contributed by atoms with Crippen LogP contribution in [0.1, 0.15) is 18.1 Å². The number of amides is 1. The molecule has 0 saturated heterocycles. The van der Waals surface area contributed by atoms with Crippen molar-refractivity contribution in [2.24, 2.45) is 5.14 Å². The molecule has 134 valence electrons. The lowest BCUT2D eigenvalue weighted by Crippen LogP contribution is -2.29. The van der Waals surface area contributed by atoms with Crippen LogP contribution in [0, 0.1) is 0 Å². The number of hydrogen-bond donors (Lipinski definition) is 2. The van der Waals surface area contributed by atoms with Gasteiger partial charge in [0, 0.05) is 0 Å². The van der Waals surface area contributed by atoms with Crippen molar-refractivity contribution in [3.8, 4) is 5.75 Å². The van der Waals surface area contributed by atoms with Gasteiger partial charge in [-0.1, -0.05) is 37.3 Å². The van der Waals surface area contributed by atoms with Crippen LogP contribution < -0.4 is 15.2 Å². The van der Waals surface area contributed by atoms with Gasteiger partial charge in [-0.25, -0.2) is 13.6 Å². The van der Waals surface area contributed by atoms with Gasteiger partial charge in [0.1, 0.15) is 12.4 Å². The average molecular weight is 362 g/mol.